The first kappa shape index (κ1) is 13.3. The Labute approximate surface area is 108 Å². The van der Waals surface area contributed by atoms with E-state index in [1.807, 2.05) is 13.8 Å². The Morgan fingerprint density at radius 2 is 2.22 bits per heavy atom. The Morgan fingerprint density at radius 1 is 1.56 bits per heavy atom. The van der Waals surface area contributed by atoms with Gasteiger partial charge in [0, 0.05) is 31.0 Å². The largest absolute Gasteiger partial charge is 0.396 e. The van der Waals surface area contributed by atoms with E-state index in [9.17, 15) is 14.7 Å². The molecule has 5 heteroatoms. The normalized spacial score (nSPS) is 25.7. The summed E-state index contributed by atoms with van der Waals surface area (Å²) in [7, 11) is 0. The first-order chi connectivity index (χ1) is 8.47. The summed E-state index contributed by atoms with van der Waals surface area (Å²) in [4.78, 5) is 25.4. The van der Waals surface area contributed by atoms with Crippen LogP contribution in [0, 0.1) is 11.3 Å². The summed E-state index contributed by atoms with van der Waals surface area (Å²) in [5.41, 5.74) is -0.0734. The van der Waals surface area contributed by atoms with E-state index >= 15 is 0 Å². The molecular formula is C13H22N2O3. The SMILES string of the molecule is CC(C)N1CC(C(=O)NCC2(CO)CC2)CC1=O. The minimum atomic E-state index is -0.227. The Hall–Kier alpha value is -1.10. The average molecular weight is 254 g/mol. The highest BCUT2D eigenvalue weighted by Crippen LogP contribution is 2.44. The molecule has 0 aromatic rings. The third kappa shape index (κ3) is 2.66. The minimum Gasteiger partial charge on any atom is -0.396 e. The molecule has 1 unspecified atom stereocenters. The molecule has 2 rings (SSSR count). The Morgan fingerprint density at radius 3 is 2.67 bits per heavy atom. The van der Waals surface area contributed by atoms with Gasteiger partial charge in [-0.3, -0.25) is 9.59 Å². The minimum absolute atomic E-state index is 0.0498. The van der Waals surface area contributed by atoms with Crippen LogP contribution in [0.3, 0.4) is 0 Å². The summed E-state index contributed by atoms with van der Waals surface area (Å²) in [6.07, 6.45) is 2.27. The summed E-state index contributed by atoms with van der Waals surface area (Å²) in [5.74, 6) is -0.214. The molecule has 1 aliphatic heterocycles. The first-order valence-electron chi connectivity index (χ1n) is 6.65. The molecule has 1 saturated heterocycles. The Bertz CT molecular complexity index is 350. The van der Waals surface area contributed by atoms with E-state index in [0.29, 0.717) is 19.5 Å². The maximum atomic E-state index is 12.0. The van der Waals surface area contributed by atoms with Gasteiger partial charge in [-0.05, 0) is 26.7 Å². The lowest BCUT2D eigenvalue weighted by atomic mass is 10.1. The maximum Gasteiger partial charge on any atom is 0.225 e. The van der Waals surface area contributed by atoms with E-state index in [1.54, 1.807) is 4.90 Å². The monoisotopic (exact) mass is 254 g/mol. The van der Waals surface area contributed by atoms with Gasteiger partial charge in [0.05, 0.1) is 12.5 Å². The zero-order valence-electron chi connectivity index (χ0n) is 11.1. The van der Waals surface area contributed by atoms with Crippen LogP contribution < -0.4 is 5.32 Å². The van der Waals surface area contributed by atoms with Crippen molar-refractivity contribution in [3.63, 3.8) is 0 Å². The number of hydrogen-bond acceptors (Lipinski definition) is 3. The number of nitrogens with one attached hydrogen (secondary N) is 1. The van der Waals surface area contributed by atoms with E-state index < -0.39 is 0 Å². The number of likely N-dealkylation sites (tertiary alicyclic amines) is 1. The number of hydrogen-bond donors (Lipinski definition) is 2. The second-order valence-corrected chi connectivity index (χ2v) is 5.92. The molecular weight excluding hydrogens is 232 g/mol. The van der Waals surface area contributed by atoms with Crippen LogP contribution in [0.25, 0.3) is 0 Å². The second-order valence-electron chi connectivity index (χ2n) is 5.92. The van der Waals surface area contributed by atoms with Crippen LogP contribution >= 0.6 is 0 Å². The highest BCUT2D eigenvalue weighted by molar-refractivity contribution is 5.89. The van der Waals surface area contributed by atoms with Gasteiger partial charge in [-0.25, -0.2) is 0 Å². The topological polar surface area (TPSA) is 69.6 Å². The molecule has 1 atom stereocenters. The molecule has 0 aromatic carbocycles. The van der Waals surface area contributed by atoms with Gasteiger partial charge in [-0.15, -0.1) is 0 Å². The lowest BCUT2D eigenvalue weighted by Crippen LogP contribution is -2.38. The first-order valence-corrected chi connectivity index (χ1v) is 6.65. The van der Waals surface area contributed by atoms with Gasteiger partial charge in [0.25, 0.3) is 0 Å². The predicted octanol–water partition coefficient (Wildman–Crippen LogP) is 0.132. The van der Waals surface area contributed by atoms with Gasteiger partial charge in [-0.1, -0.05) is 0 Å². The summed E-state index contributed by atoms with van der Waals surface area (Å²) in [6, 6.07) is 0.155. The van der Waals surface area contributed by atoms with Crippen LogP contribution in [0.4, 0.5) is 0 Å². The van der Waals surface area contributed by atoms with Crippen LogP contribution in [-0.4, -0.2) is 47.6 Å². The molecule has 0 radical (unpaired) electrons. The van der Waals surface area contributed by atoms with Crippen molar-refractivity contribution >= 4 is 11.8 Å². The van der Waals surface area contributed by atoms with Gasteiger partial charge < -0.3 is 15.3 Å². The zero-order chi connectivity index (χ0) is 13.3. The van der Waals surface area contributed by atoms with Crippen molar-refractivity contribution in [3.05, 3.63) is 0 Å². The van der Waals surface area contributed by atoms with Crippen LogP contribution in [0.2, 0.25) is 0 Å². The molecule has 2 fully saturated rings. The smallest absolute Gasteiger partial charge is 0.225 e. The zero-order valence-corrected chi connectivity index (χ0v) is 11.1. The number of rotatable bonds is 5. The molecule has 2 aliphatic rings. The van der Waals surface area contributed by atoms with Gasteiger partial charge in [0.1, 0.15) is 0 Å². The maximum absolute atomic E-state index is 12.0. The predicted molar refractivity (Wildman–Crippen MR) is 66.7 cm³/mol. The molecule has 0 aromatic heterocycles. The summed E-state index contributed by atoms with van der Waals surface area (Å²) >= 11 is 0. The Kier molecular flexibility index (Phi) is 3.61. The highest BCUT2D eigenvalue weighted by atomic mass is 16.3. The summed E-state index contributed by atoms with van der Waals surface area (Å²) in [6.45, 7) is 5.12. The molecule has 0 spiro atoms. The van der Waals surface area contributed by atoms with E-state index in [0.717, 1.165) is 12.8 Å². The van der Waals surface area contributed by atoms with E-state index in [1.165, 1.54) is 0 Å². The number of carbonyl (C=O) groups excluding carboxylic acids is 2. The molecule has 2 amide bonds. The average Bonchev–Trinajstić information content (AvgIpc) is 3.01. The lowest BCUT2D eigenvalue weighted by Gasteiger charge is -2.21. The third-order valence-electron chi connectivity index (χ3n) is 4.08. The van der Waals surface area contributed by atoms with Crippen molar-refractivity contribution in [3.8, 4) is 0 Å². The van der Waals surface area contributed by atoms with Gasteiger partial charge in [0.2, 0.25) is 11.8 Å². The van der Waals surface area contributed by atoms with Crippen molar-refractivity contribution in [2.24, 2.45) is 11.3 Å². The summed E-state index contributed by atoms with van der Waals surface area (Å²) < 4.78 is 0. The summed E-state index contributed by atoms with van der Waals surface area (Å²) in [5, 5.41) is 12.1. The van der Waals surface area contributed by atoms with Crippen LogP contribution in [0.5, 0.6) is 0 Å². The van der Waals surface area contributed by atoms with Crippen LogP contribution in [0.15, 0.2) is 0 Å². The number of amides is 2. The fourth-order valence-electron chi connectivity index (χ4n) is 2.39. The molecule has 1 saturated carbocycles. The quantitative estimate of drug-likeness (QED) is 0.733. The second kappa shape index (κ2) is 4.88. The molecule has 2 N–H and O–H groups in total. The highest BCUT2D eigenvalue weighted by Gasteiger charge is 2.43. The van der Waals surface area contributed by atoms with E-state index in [4.69, 9.17) is 0 Å². The third-order valence-corrected chi connectivity index (χ3v) is 4.08. The molecule has 18 heavy (non-hydrogen) atoms. The van der Waals surface area contributed by atoms with Crippen LogP contribution in [-0.2, 0) is 9.59 Å². The van der Waals surface area contributed by atoms with Crippen molar-refractivity contribution in [1.82, 2.24) is 10.2 Å². The molecule has 1 aliphatic carbocycles. The van der Waals surface area contributed by atoms with Crippen molar-refractivity contribution < 1.29 is 14.7 Å². The molecule has 1 heterocycles. The standard InChI is InChI=1S/C13H22N2O3/c1-9(2)15-6-10(5-11(15)17)12(18)14-7-13(8-16)3-4-13/h9-10,16H,3-8H2,1-2H3,(H,14,18). The fourth-order valence-corrected chi connectivity index (χ4v) is 2.39. The fraction of sp³-hybridized carbons (Fsp3) is 0.846. The molecule has 5 nitrogen and oxygen atoms in total. The van der Waals surface area contributed by atoms with E-state index in [2.05, 4.69) is 5.32 Å². The molecule has 102 valence electrons. The number of carbonyl (C=O) groups is 2. The lowest BCUT2D eigenvalue weighted by molar-refractivity contribution is -0.130. The van der Waals surface area contributed by atoms with E-state index in [-0.39, 0.29) is 35.8 Å². The van der Waals surface area contributed by atoms with Crippen LogP contribution in [0.1, 0.15) is 33.1 Å². The van der Waals surface area contributed by atoms with Gasteiger partial charge >= 0.3 is 0 Å². The van der Waals surface area contributed by atoms with Crippen molar-refractivity contribution in [1.29, 1.82) is 0 Å². The number of nitrogens with zero attached hydrogens (tertiary/aromatic N) is 1. The van der Waals surface area contributed by atoms with Crippen molar-refractivity contribution in [2.75, 3.05) is 19.7 Å². The van der Waals surface area contributed by atoms with Gasteiger partial charge in [0.15, 0.2) is 0 Å². The molecule has 0 bridgehead atoms. The van der Waals surface area contributed by atoms with Crippen molar-refractivity contribution in [2.45, 2.75) is 39.2 Å². The Balaban J connectivity index is 1.82. The number of aliphatic hydroxyl groups is 1. The van der Waals surface area contributed by atoms with Gasteiger partial charge in [-0.2, -0.15) is 0 Å². The number of aliphatic hydroxyl groups excluding tert-OH is 1.